The van der Waals surface area contributed by atoms with Crippen molar-refractivity contribution in [2.75, 3.05) is 20.6 Å². The second-order valence-corrected chi connectivity index (χ2v) is 6.13. The lowest BCUT2D eigenvalue weighted by Gasteiger charge is -2.23. The summed E-state index contributed by atoms with van der Waals surface area (Å²) in [6, 6.07) is 6.45. The number of nitrogens with zero attached hydrogens (tertiary/aromatic N) is 5. The minimum Gasteiger partial charge on any atom is -0.304 e. The average molecular weight is 297 g/mol. The first-order chi connectivity index (χ1) is 10.7. The summed E-state index contributed by atoms with van der Waals surface area (Å²) in [5.41, 5.74) is 2.34. The van der Waals surface area contributed by atoms with E-state index in [1.807, 2.05) is 30.7 Å². The average Bonchev–Trinajstić information content (AvgIpc) is 2.96. The number of pyridine rings is 1. The molecule has 0 spiro atoms. The van der Waals surface area contributed by atoms with Crippen LogP contribution in [0.2, 0.25) is 0 Å². The van der Waals surface area contributed by atoms with Crippen LogP contribution in [0.4, 0.5) is 0 Å². The van der Waals surface area contributed by atoms with Gasteiger partial charge in [-0.05, 0) is 51.2 Å². The molecule has 0 aromatic carbocycles. The quantitative estimate of drug-likeness (QED) is 0.847. The van der Waals surface area contributed by atoms with Crippen LogP contribution in [0.1, 0.15) is 36.0 Å². The number of likely N-dealkylation sites (tertiary alicyclic amines) is 1. The van der Waals surface area contributed by atoms with Gasteiger partial charge in [-0.1, -0.05) is 6.07 Å². The van der Waals surface area contributed by atoms with Gasteiger partial charge in [0.2, 0.25) is 0 Å². The molecule has 0 bridgehead atoms. The topological polar surface area (TPSA) is 45.2 Å². The van der Waals surface area contributed by atoms with Gasteiger partial charge in [-0.25, -0.2) is 9.97 Å². The smallest absolute Gasteiger partial charge is 0.145 e. The van der Waals surface area contributed by atoms with Gasteiger partial charge in [0.1, 0.15) is 5.82 Å². The summed E-state index contributed by atoms with van der Waals surface area (Å²) in [7, 11) is 4.12. The summed E-state index contributed by atoms with van der Waals surface area (Å²) in [6.07, 6.45) is 7.98. The van der Waals surface area contributed by atoms with Crippen LogP contribution in [-0.4, -0.2) is 45.4 Å². The standard InChI is InChI=1S/C17H23N5/c1-21(2)13-15-7-9-19-17(20-15)16-6-4-10-22(16)12-14-5-3-8-18-11-14/h3,5,7-9,11,16H,4,6,10,12-13H2,1-2H3/t16-/m0/s1. The van der Waals surface area contributed by atoms with Gasteiger partial charge in [-0.2, -0.15) is 0 Å². The third-order valence-electron chi connectivity index (χ3n) is 3.98. The molecule has 0 amide bonds. The van der Waals surface area contributed by atoms with Crippen molar-refractivity contribution in [2.45, 2.75) is 32.0 Å². The predicted octanol–water partition coefficient (Wildman–Crippen LogP) is 2.27. The van der Waals surface area contributed by atoms with Gasteiger partial charge in [0, 0.05) is 31.7 Å². The van der Waals surface area contributed by atoms with Crippen molar-refractivity contribution in [3.63, 3.8) is 0 Å². The number of hydrogen-bond acceptors (Lipinski definition) is 5. The van der Waals surface area contributed by atoms with E-state index in [-0.39, 0.29) is 0 Å². The van der Waals surface area contributed by atoms with Crippen LogP contribution in [0.3, 0.4) is 0 Å². The van der Waals surface area contributed by atoms with E-state index >= 15 is 0 Å². The van der Waals surface area contributed by atoms with Crippen LogP contribution in [0.25, 0.3) is 0 Å². The highest BCUT2D eigenvalue weighted by Crippen LogP contribution is 2.31. The molecule has 1 fully saturated rings. The third-order valence-corrected chi connectivity index (χ3v) is 3.98. The molecule has 1 aliphatic rings. The normalized spacial score (nSPS) is 19.0. The second-order valence-electron chi connectivity index (χ2n) is 6.13. The van der Waals surface area contributed by atoms with E-state index in [1.54, 1.807) is 0 Å². The molecular weight excluding hydrogens is 274 g/mol. The van der Waals surface area contributed by atoms with E-state index in [2.05, 4.69) is 39.9 Å². The zero-order chi connectivity index (χ0) is 15.4. The van der Waals surface area contributed by atoms with Gasteiger partial charge in [0.05, 0.1) is 11.7 Å². The Morgan fingerprint density at radius 3 is 2.95 bits per heavy atom. The molecule has 5 nitrogen and oxygen atoms in total. The summed E-state index contributed by atoms with van der Waals surface area (Å²) in [5.74, 6) is 0.959. The Balaban J connectivity index is 1.75. The highest BCUT2D eigenvalue weighted by Gasteiger charge is 2.28. The van der Waals surface area contributed by atoms with E-state index < -0.39 is 0 Å². The molecule has 0 radical (unpaired) electrons. The molecule has 0 saturated carbocycles. The highest BCUT2D eigenvalue weighted by atomic mass is 15.2. The molecule has 0 aliphatic carbocycles. The van der Waals surface area contributed by atoms with Crippen molar-refractivity contribution < 1.29 is 0 Å². The summed E-state index contributed by atoms with van der Waals surface area (Å²) in [5, 5.41) is 0. The van der Waals surface area contributed by atoms with Gasteiger partial charge in [0.15, 0.2) is 0 Å². The summed E-state index contributed by atoms with van der Waals surface area (Å²) < 4.78 is 0. The molecular formula is C17H23N5. The lowest BCUT2D eigenvalue weighted by Crippen LogP contribution is -2.25. The Morgan fingerprint density at radius 1 is 1.27 bits per heavy atom. The van der Waals surface area contributed by atoms with Gasteiger partial charge in [-0.15, -0.1) is 0 Å². The Labute approximate surface area is 132 Å². The van der Waals surface area contributed by atoms with Crippen molar-refractivity contribution in [3.8, 4) is 0 Å². The van der Waals surface area contributed by atoms with Crippen molar-refractivity contribution in [1.29, 1.82) is 0 Å². The van der Waals surface area contributed by atoms with Gasteiger partial charge < -0.3 is 4.90 Å². The summed E-state index contributed by atoms with van der Waals surface area (Å²) >= 11 is 0. The molecule has 1 atom stereocenters. The molecule has 0 unspecified atom stereocenters. The fraction of sp³-hybridized carbons (Fsp3) is 0.471. The number of hydrogen-bond donors (Lipinski definition) is 0. The Morgan fingerprint density at radius 2 is 2.18 bits per heavy atom. The molecule has 1 aliphatic heterocycles. The van der Waals surface area contributed by atoms with Gasteiger partial charge in [-0.3, -0.25) is 9.88 Å². The van der Waals surface area contributed by atoms with Crippen LogP contribution >= 0.6 is 0 Å². The fourth-order valence-corrected chi connectivity index (χ4v) is 3.02. The molecule has 2 aromatic heterocycles. The van der Waals surface area contributed by atoms with Crippen LogP contribution in [-0.2, 0) is 13.1 Å². The third kappa shape index (κ3) is 3.67. The first-order valence-electron chi connectivity index (χ1n) is 7.82. The maximum Gasteiger partial charge on any atom is 0.145 e. The molecule has 1 saturated heterocycles. The lowest BCUT2D eigenvalue weighted by molar-refractivity contribution is 0.238. The van der Waals surface area contributed by atoms with E-state index in [0.29, 0.717) is 6.04 Å². The molecule has 2 aromatic rings. The monoisotopic (exact) mass is 297 g/mol. The van der Waals surface area contributed by atoms with E-state index in [4.69, 9.17) is 4.98 Å². The fourth-order valence-electron chi connectivity index (χ4n) is 3.02. The van der Waals surface area contributed by atoms with Crippen molar-refractivity contribution in [1.82, 2.24) is 24.8 Å². The highest BCUT2D eigenvalue weighted by molar-refractivity contribution is 5.11. The molecule has 5 heteroatoms. The SMILES string of the molecule is CN(C)Cc1ccnc([C@@H]2CCCN2Cc2cccnc2)n1. The Bertz CT molecular complexity index is 599. The minimum atomic E-state index is 0.322. The van der Waals surface area contributed by atoms with E-state index in [0.717, 1.165) is 37.6 Å². The Kier molecular flexibility index (Phi) is 4.75. The lowest BCUT2D eigenvalue weighted by atomic mass is 10.2. The summed E-state index contributed by atoms with van der Waals surface area (Å²) in [4.78, 5) is 18.1. The van der Waals surface area contributed by atoms with E-state index in [9.17, 15) is 0 Å². The second kappa shape index (κ2) is 6.94. The van der Waals surface area contributed by atoms with Crippen molar-refractivity contribution >= 4 is 0 Å². The molecule has 0 N–H and O–H groups in total. The van der Waals surface area contributed by atoms with Crippen LogP contribution in [0.5, 0.6) is 0 Å². The number of aromatic nitrogens is 3. The van der Waals surface area contributed by atoms with Crippen molar-refractivity contribution in [3.05, 3.63) is 53.9 Å². The first kappa shape index (κ1) is 15.1. The predicted molar refractivity (Wildman–Crippen MR) is 86.0 cm³/mol. The maximum atomic E-state index is 4.78. The van der Waals surface area contributed by atoms with Crippen molar-refractivity contribution in [2.24, 2.45) is 0 Å². The van der Waals surface area contributed by atoms with Crippen LogP contribution < -0.4 is 0 Å². The molecule has 3 rings (SSSR count). The summed E-state index contributed by atoms with van der Waals surface area (Å²) in [6.45, 7) is 2.87. The zero-order valence-corrected chi connectivity index (χ0v) is 13.3. The maximum absolute atomic E-state index is 4.78. The Hall–Kier alpha value is -1.85. The minimum absolute atomic E-state index is 0.322. The van der Waals surface area contributed by atoms with Gasteiger partial charge in [0.25, 0.3) is 0 Å². The zero-order valence-electron chi connectivity index (χ0n) is 13.3. The largest absolute Gasteiger partial charge is 0.304 e. The van der Waals surface area contributed by atoms with E-state index in [1.165, 1.54) is 12.0 Å². The first-order valence-corrected chi connectivity index (χ1v) is 7.82. The van der Waals surface area contributed by atoms with Crippen LogP contribution in [0, 0.1) is 0 Å². The molecule has 3 heterocycles. The van der Waals surface area contributed by atoms with Crippen LogP contribution in [0.15, 0.2) is 36.8 Å². The number of rotatable bonds is 5. The van der Waals surface area contributed by atoms with Gasteiger partial charge >= 0.3 is 0 Å². The molecule has 116 valence electrons. The molecule has 22 heavy (non-hydrogen) atoms.